The van der Waals surface area contributed by atoms with Gasteiger partial charge in [-0.05, 0) is 22.6 Å². The van der Waals surface area contributed by atoms with Gasteiger partial charge in [-0.25, -0.2) is 0 Å². The molecule has 108 valence electrons. The second kappa shape index (κ2) is 6.27. The summed E-state index contributed by atoms with van der Waals surface area (Å²) in [5.74, 6) is 0. The SMILES string of the molecule is C=C(/C=C(\c1ccccc1)C(C)(C)C)N1CCOCC1. The second-order valence-electron chi connectivity index (χ2n) is 6.26. The summed E-state index contributed by atoms with van der Waals surface area (Å²) in [7, 11) is 0. The van der Waals surface area contributed by atoms with Crippen molar-refractivity contribution in [3.63, 3.8) is 0 Å². The van der Waals surface area contributed by atoms with Crippen molar-refractivity contribution in [1.29, 1.82) is 0 Å². The number of hydrogen-bond donors (Lipinski definition) is 0. The molecular weight excluding hydrogens is 246 g/mol. The fraction of sp³-hybridized carbons (Fsp3) is 0.444. The Morgan fingerprint density at radius 1 is 1.15 bits per heavy atom. The molecule has 0 unspecified atom stereocenters. The summed E-state index contributed by atoms with van der Waals surface area (Å²) in [6.45, 7) is 14.5. The molecule has 1 heterocycles. The van der Waals surface area contributed by atoms with Crippen molar-refractivity contribution in [1.82, 2.24) is 4.90 Å². The summed E-state index contributed by atoms with van der Waals surface area (Å²) >= 11 is 0. The van der Waals surface area contributed by atoms with E-state index in [0.717, 1.165) is 32.0 Å². The van der Waals surface area contributed by atoms with Crippen molar-refractivity contribution < 1.29 is 4.74 Å². The van der Waals surface area contributed by atoms with Crippen LogP contribution in [0.5, 0.6) is 0 Å². The highest BCUT2D eigenvalue weighted by Crippen LogP contribution is 2.35. The first-order chi connectivity index (χ1) is 9.48. The van der Waals surface area contributed by atoms with E-state index in [-0.39, 0.29) is 5.41 Å². The molecule has 2 heteroatoms. The molecule has 1 aromatic carbocycles. The van der Waals surface area contributed by atoms with Crippen molar-refractivity contribution in [2.24, 2.45) is 5.41 Å². The Labute approximate surface area is 122 Å². The zero-order valence-electron chi connectivity index (χ0n) is 12.9. The summed E-state index contributed by atoms with van der Waals surface area (Å²) in [6.07, 6.45) is 2.24. The number of rotatable bonds is 3. The highest BCUT2D eigenvalue weighted by atomic mass is 16.5. The van der Waals surface area contributed by atoms with Crippen LogP contribution >= 0.6 is 0 Å². The van der Waals surface area contributed by atoms with Gasteiger partial charge in [0.25, 0.3) is 0 Å². The third-order valence-electron chi connectivity index (χ3n) is 3.62. The molecule has 2 rings (SSSR count). The van der Waals surface area contributed by atoms with E-state index in [4.69, 9.17) is 4.74 Å². The lowest BCUT2D eigenvalue weighted by atomic mass is 9.81. The standard InChI is InChI=1S/C18H25NO/c1-15(19-10-12-20-13-11-19)14-17(18(2,3)4)16-8-6-5-7-9-16/h5-9,14H,1,10-13H2,2-4H3/b17-14+. The van der Waals surface area contributed by atoms with Crippen LogP contribution in [0.3, 0.4) is 0 Å². The highest BCUT2D eigenvalue weighted by Gasteiger charge is 2.20. The van der Waals surface area contributed by atoms with Gasteiger partial charge in [-0.2, -0.15) is 0 Å². The Kier molecular flexibility index (Phi) is 4.66. The van der Waals surface area contributed by atoms with Crippen LogP contribution in [0.1, 0.15) is 26.3 Å². The van der Waals surface area contributed by atoms with Gasteiger partial charge >= 0.3 is 0 Å². The molecule has 0 aromatic heterocycles. The fourth-order valence-corrected chi connectivity index (χ4v) is 2.46. The lowest BCUT2D eigenvalue weighted by Crippen LogP contribution is -2.35. The molecule has 0 atom stereocenters. The molecule has 0 N–H and O–H groups in total. The molecule has 0 aliphatic carbocycles. The molecule has 2 nitrogen and oxygen atoms in total. The van der Waals surface area contributed by atoms with Crippen LogP contribution in [0.15, 0.2) is 48.7 Å². The molecule has 1 saturated heterocycles. The molecule has 20 heavy (non-hydrogen) atoms. The summed E-state index contributed by atoms with van der Waals surface area (Å²) < 4.78 is 5.40. The van der Waals surface area contributed by atoms with Gasteiger partial charge in [-0.15, -0.1) is 0 Å². The Morgan fingerprint density at radius 3 is 2.30 bits per heavy atom. The summed E-state index contributed by atoms with van der Waals surface area (Å²) in [4.78, 5) is 2.30. The van der Waals surface area contributed by atoms with E-state index in [1.165, 1.54) is 11.1 Å². The van der Waals surface area contributed by atoms with E-state index in [9.17, 15) is 0 Å². The quantitative estimate of drug-likeness (QED) is 0.772. The van der Waals surface area contributed by atoms with Crippen LogP contribution in [-0.4, -0.2) is 31.2 Å². The predicted molar refractivity (Wildman–Crippen MR) is 85.4 cm³/mol. The van der Waals surface area contributed by atoms with Crippen molar-refractivity contribution >= 4 is 5.57 Å². The van der Waals surface area contributed by atoms with Gasteiger partial charge in [0.2, 0.25) is 0 Å². The van der Waals surface area contributed by atoms with E-state index in [2.05, 4.69) is 68.7 Å². The van der Waals surface area contributed by atoms with Gasteiger partial charge < -0.3 is 9.64 Å². The number of nitrogens with zero attached hydrogens (tertiary/aromatic N) is 1. The summed E-state index contributed by atoms with van der Waals surface area (Å²) in [5, 5.41) is 0. The molecule has 0 bridgehead atoms. The maximum atomic E-state index is 5.40. The molecule has 0 radical (unpaired) electrons. The van der Waals surface area contributed by atoms with Gasteiger partial charge in [0.05, 0.1) is 13.2 Å². The topological polar surface area (TPSA) is 12.5 Å². The molecule has 1 aliphatic heterocycles. The van der Waals surface area contributed by atoms with Gasteiger partial charge in [0.1, 0.15) is 0 Å². The maximum absolute atomic E-state index is 5.40. The largest absolute Gasteiger partial charge is 0.378 e. The van der Waals surface area contributed by atoms with Crippen LogP contribution in [0.2, 0.25) is 0 Å². The minimum atomic E-state index is 0.0938. The number of benzene rings is 1. The maximum Gasteiger partial charge on any atom is 0.0642 e. The number of ether oxygens (including phenoxy) is 1. The third-order valence-corrected chi connectivity index (χ3v) is 3.62. The first kappa shape index (κ1) is 14.9. The Hall–Kier alpha value is -1.54. The number of allylic oxidation sites excluding steroid dienone is 2. The van der Waals surface area contributed by atoms with E-state index < -0.39 is 0 Å². The van der Waals surface area contributed by atoms with Crippen LogP contribution in [0, 0.1) is 5.41 Å². The summed E-state index contributed by atoms with van der Waals surface area (Å²) in [6, 6.07) is 10.6. The van der Waals surface area contributed by atoms with Crippen molar-refractivity contribution in [3.05, 3.63) is 54.2 Å². The average Bonchev–Trinajstić information content (AvgIpc) is 2.45. The highest BCUT2D eigenvalue weighted by molar-refractivity contribution is 5.71. The molecule has 1 aliphatic rings. The molecule has 0 amide bonds. The van der Waals surface area contributed by atoms with Gasteiger partial charge in [0.15, 0.2) is 0 Å². The zero-order chi connectivity index (χ0) is 14.6. The zero-order valence-corrected chi connectivity index (χ0v) is 12.9. The number of morpholine rings is 1. The fourth-order valence-electron chi connectivity index (χ4n) is 2.46. The van der Waals surface area contributed by atoms with Crippen LogP contribution < -0.4 is 0 Å². The Morgan fingerprint density at radius 2 is 1.75 bits per heavy atom. The van der Waals surface area contributed by atoms with Crippen molar-refractivity contribution in [2.75, 3.05) is 26.3 Å². The van der Waals surface area contributed by atoms with Crippen LogP contribution in [-0.2, 0) is 4.74 Å². The van der Waals surface area contributed by atoms with Crippen LogP contribution in [0.25, 0.3) is 5.57 Å². The Balaban J connectivity index is 2.27. The van der Waals surface area contributed by atoms with Gasteiger partial charge in [-0.3, -0.25) is 0 Å². The minimum Gasteiger partial charge on any atom is -0.378 e. The lowest BCUT2D eigenvalue weighted by Gasteiger charge is -2.31. The van der Waals surface area contributed by atoms with E-state index in [1.54, 1.807) is 0 Å². The van der Waals surface area contributed by atoms with Crippen LogP contribution in [0.4, 0.5) is 0 Å². The molecule has 1 aromatic rings. The predicted octanol–water partition coefficient (Wildman–Crippen LogP) is 3.96. The average molecular weight is 271 g/mol. The van der Waals surface area contributed by atoms with E-state index in [1.807, 2.05) is 0 Å². The molecule has 1 fully saturated rings. The smallest absolute Gasteiger partial charge is 0.0642 e. The normalized spacial score (nSPS) is 17.1. The molecule has 0 saturated carbocycles. The Bertz CT molecular complexity index is 476. The van der Waals surface area contributed by atoms with E-state index >= 15 is 0 Å². The third kappa shape index (κ3) is 3.73. The van der Waals surface area contributed by atoms with Gasteiger partial charge in [-0.1, -0.05) is 57.7 Å². The summed E-state index contributed by atoms with van der Waals surface area (Å²) in [5.41, 5.74) is 3.78. The first-order valence-corrected chi connectivity index (χ1v) is 7.27. The monoisotopic (exact) mass is 271 g/mol. The minimum absolute atomic E-state index is 0.0938. The first-order valence-electron chi connectivity index (χ1n) is 7.27. The lowest BCUT2D eigenvalue weighted by molar-refractivity contribution is 0.0556. The van der Waals surface area contributed by atoms with Crippen molar-refractivity contribution in [3.8, 4) is 0 Å². The number of hydrogen-bond acceptors (Lipinski definition) is 2. The molecule has 0 spiro atoms. The van der Waals surface area contributed by atoms with E-state index in [0.29, 0.717) is 0 Å². The second-order valence-corrected chi connectivity index (χ2v) is 6.26. The molecular formula is C18H25NO. The van der Waals surface area contributed by atoms with Gasteiger partial charge in [0, 0.05) is 18.8 Å². The van der Waals surface area contributed by atoms with Crippen molar-refractivity contribution in [2.45, 2.75) is 20.8 Å².